The molecule has 0 radical (unpaired) electrons. The Bertz CT molecular complexity index is 637. The van der Waals surface area contributed by atoms with Crippen molar-refractivity contribution < 1.29 is 24.2 Å². The highest BCUT2D eigenvalue weighted by Gasteiger charge is 2.40. The predicted molar refractivity (Wildman–Crippen MR) is 106 cm³/mol. The maximum absolute atomic E-state index is 12.4. The van der Waals surface area contributed by atoms with Gasteiger partial charge in [0, 0.05) is 12.3 Å². The third-order valence-electron chi connectivity index (χ3n) is 6.69. The fraction of sp³-hybridized carbons (Fsp3) is 0.739. The fourth-order valence-corrected chi connectivity index (χ4v) is 4.80. The van der Waals surface area contributed by atoms with Gasteiger partial charge in [-0.3, -0.25) is 9.59 Å². The molecule has 0 aromatic heterocycles. The summed E-state index contributed by atoms with van der Waals surface area (Å²) in [5.41, 5.74) is 1.27. The first-order valence-electron chi connectivity index (χ1n) is 10.8. The number of carbonyl (C=O) groups excluding carboxylic acids is 2. The zero-order valence-corrected chi connectivity index (χ0v) is 17.3. The third kappa shape index (κ3) is 4.86. The average molecular weight is 391 g/mol. The highest BCUT2D eigenvalue weighted by molar-refractivity contribution is 5.72. The molecule has 3 rings (SSSR count). The average Bonchev–Trinajstić information content (AvgIpc) is 2.66. The van der Waals surface area contributed by atoms with Crippen LogP contribution in [0.5, 0.6) is 0 Å². The molecule has 0 amide bonds. The fourth-order valence-electron chi connectivity index (χ4n) is 4.80. The van der Waals surface area contributed by atoms with Crippen molar-refractivity contribution in [1.29, 1.82) is 0 Å². The largest absolute Gasteiger partial charge is 0.462 e. The van der Waals surface area contributed by atoms with Crippen molar-refractivity contribution >= 4 is 11.9 Å². The molecule has 0 aromatic rings. The highest BCUT2D eigenvalue weighted by atomic mass is 16.5. The van der Waals surface area contributed by atoms with E-state index in [2.05, 4.69) is 25.2 Å². The smallest absolute Gasteiger partial charge is 0.308 e. The molecule has 7 atom stereocenters. The number of hydrogen-bond acceptors (Lipinski definition) is 5. The SMILES string of the molecule is CC[C@@H](C)C(=O)O[C@H]1CCC=C2C=C[C@@H](C)[C@@H](CC[C@@H]3C[C@H](O)CC(=O)O3)[C@@H]21. The Balaban J connectivity index is 1.70. The monoisotopic (exact) mass is 390 g/mol. The van der Waals surface area contributed by atoms with Crippen molar-refractivity contribution in [3.63, 3.8) is 0 Å². The van der Waals surface area contributed by atoms with Crippen LogP contribution < -0.4 is 0 Å². The molecule has 0 bridgehead atoms. The summed E-state index contributed by atoms with van der Waals surface area (Å²) < 4.78 is 11.4. The van der Waals surface area contributed by atoms with Gasteiger partial charge in [0.05, 0.1) is 18.4 Å². The number of esters is 2. The first-order valence-corrected chi connectivity index (χ1v) is 10.8. The summed E-state index contributed by atoms with van der Waals surface area (Å²) in [5.74, 6) is 0.426. The molecule has 28 heavy (non-hydrogen) atoms. The van der Waals surface area contributed by atoms with E-state index in [0.717, 1.165) is 32.1 Å². The van der Waals surface area contributed by atoms with E-state index in [4.69, 9.17) is 9.47 Å². The van der Waals surface area contributed by atoms with Crippen LogP contribution in [0.1, 0.15) is 65.7 Å². The van der Waals surface area contributed by atoms with Crippen molar-refractivity contribution in [2.75, 3.05) is 0 Å². The lowest BCUT2D eigenvalue weighted by Crippen LogP contribution is -2.40. The van der Waals surface area contributed by atoms with Crippen LogP contribution in [0.2, 0.25) is 0 Å². The van der Waals surface area contributed by atoms with Crippen LogP contribution in [0.25, 0.3) is 0 Å². The van der Waals surface area contributed by atoms with Crippen molar-refractivity contribution in [2.24, 2.45) is 23.7 Å². The van der Waals surface area contributed by atoms with E-state index in [9.17, 15) is 14.7 Å². The van der Waals surface area contributed by atoms with Crippen LogP contribution in [0.15, 0.2) is 23.8 Å². The molecule has 3 aliphatic rings. The van der Waals surface area contributed by atoms with E-state index >= 15 is 0 Å². The minimum atomic E-state index is -0.593. The van der Waals surface area contributed by atoms with Gasteiger partial charge in [-0.1, -0.05) is 39.0 Å². The molecule has 1 fully saturated rings. The molecule has 1 N–H and O–H groups in total. The molecule has 5 heteroatoms. The molecule has 0 unspecified atom stereocenters. The van der Waals surface area contributed by atoms with Crippen LogP contribution in [-0.4, -0.2) is 35.4 Å². The topological polar surface area (TPSA) is 72.8 Å². The van der Waals surface area contributed by atoms with Gasteiger partial charge in [0.15, 0.2) is 0 Å². The van der Waals surface area contributed by atoms with Crippen molar-refractivity contribution in [2.45, 2.75) is 84.0 Å². The molecule has 2 aliphatic carbocycles. The van der Waals surface area contributed by atoms with E-state index in [1.54, 1.807) is 0 Å². The van der Waals surface area contributed by atoms with Gasteiger partial charge in [0.25, 0.3) is 0 Å². The summed E-state index contributed by atoms with van der Waals surface area (Å²) in [7, 11) is 0. The molecule has 5 nitrogen and oxygen atoms in total. The quantitative estimate of drug-likeness (QED) is 0.695. The minimum Gasteiger partial charge on any atom is -0.462 e. The summed E-state index contributed by atoms with van der Waals surface area (Å²) in [5, 5.41) is 9.86. The van der Waals surface area contributed by atoms with Gasteiger partial charge >= 0.3 is 11.9 Å². The Kier molecular flexibility index (Phi) is 6.97. The van der Waals surface area contributed by atoms with Crippen LogP contribution >= 0.6 is 0 Å². The second-order valence-electron chi connectivity index (χ2n) is 8.76. The zero-order valence-electron chi connectivity index (χ0n) is 17.3. The van der Waals surface area contributed by atoms with E-state index in [-0.39, 0.29) is 42.4 Å². The zero-order chi connectivity index (χ0) is 20.3. The van der Waals surface area contributed by atoms with Gasteiger partial charge in [0.1, 0.15) is 12.2 Å². The molecule has 0 aromatic carbocycles. The standard InChI is InChI=1S/C23H34O5/c1-4-14(2)23(26)28-20-7-5-6-16-9-8-15(3)19(22(16)20)11-10-18-12-17(24)13-21(25)27-18/h6,8-9,14-15,17-20,22,24H,4-5,7,10-13H2,1-3H3/t14-,15-,17+,18-,19-,20+,22-/m1/s1. The Hall–Kier alpha value is -1.62. The second-order valence-corrected chi connectivity index (χ2v) is 8.76. The van der Waals surface area contributed by atoms with Gasteiger partial charge in [-0.2, -0.15) is 0 Å². The number of carbonyl (C=O) groups is 2. The molecular weight excluding hydrogens is 356 g/mol. The Labute approximate surface area is 168 Å². The molecule has 0 spiro atoms. The van der Waals surface area contributed by atoms with Gasteiger partial charge in [-0.25, -0.2) is 0 Å². The number of aliphatic hydroxyl groups excluding tert-OH is 1. The number of fused-ring (bicyclic) bond motifs is 1. The Morgan fingerprint density at radius 2 is 2.18 bits per heavy atom. The van der Waals surface area contributed by atoms with Gasteiger partial charge in [0.2, 0.25) is 0 Å². The summed E-state index contributed by atoms with van der Waals surface area (Å²) in [6.45, 7) is 6.14. The van der Waals surface area contributed by atoms with Crippen molar-refractivity contribution in [1.82, 2.24) is 0 Å². The lowest BCUT2D eigenvalue weighted by molar-refractivity contribution is -0.162. The Morgan fingerprint density at radius 1 is 1.39 bits per heavy atom. The predicted octanol–water partition coefficient (Wildman–Crippen LogP) is 3.95. The lowest BCUT2D eigenvalue weighted by Gasteiger charge is -2.42. The number of allylic oxidation sites excluding steroid dienone is 3. The van der Waals surface area contributed by atoms with E-state index in [1.165, 1.54) is 5.57 Å². The van der Waals surface area contributed by atoms with Crippen molar-refractivity contribution in [3.8, 4) is 0 Å². The molecule has 1 aliphatic heterocycles. The summed E-state index contributed by atoms with van der Waals surface area (Å²) in [6.07, 6.45) is 10.6. The van der Waals surface area contributed by atoms with E-state index < -0.39 is 6.10 Å². The molecule has 0 saturated carbocycles. The van der Waals surface area contributed by atoms with E-state index in [1.807, 2.05) is 13.8 Å². The Morgan fingerprint density at radius 3 is 2.89 bits per heavy atom. The first kappa shape index (κ1) is 21.1. The maximum Gasteiger partial charge on any atom is 0.308 e. The highest BCUT2D eigenvalue weighted by Crippen LogP contribution is 2.44. The number of ether oxygens (including phenoxy) is 2. The number of hydrogen-bond donors (Lipinski definition) is 1. The number of rotatable bonds is 6. The first-order chi connectivity index (χ1) is 13.4. The number of cyclic esters (lactones) is 1. The third-order valence-corrected chi connectivity index (χ3v) is 6.69. The van der Waals surface area contributed by atoms with Crippen LogP contribution in [0, 0.1) is 23.7 Å². The van der Waals surface area contributed by atoms with Gasteiger partial charge < -0.3 is 14.6 Å². The van der Waals surface area contributed by atoms with E-state index in [0.29, 0.717) is 18.3 Å². The molecular formula is C23H34O5. The summed E-state index contributed by atoms with van der Waals surface area (Å²) >= 11 is 0. The van der Waals surface area contributed by atoms with Crippen molar-refractivity contribution in [3.05, 3.63) is 23.8 Å². The van der Waals surface area contributed by atoms with Crippen LogP contribution in [0.4, 0.5) is 0 Å². The maximum atomic E-state index is 12.4. The molecule has 1 heterocycles. The second kappa shape index (κ2) is 9.25. The van der Waals surface area contributed by atoms with Gasteiger partial charge in [-0.15, -0.1) is 0 Å². The van der Waals surface area contributed by atoms with Crippen LogP contribution in [-0.2, 0) is 19.1 Å². The number of aliphatic hydroxyl groups is 1. The summed E-state index contributed by atoms with van der Waals surface area (Å²) in [6, 6.07) is 0. The van der Waals surface area contributed by atoms with Gasteiger partial charge in [-0.05, 0) is 49.5 Å². The molecule has 1 saturated heterocycles. The lowest BCUT2D eigenvalue weighted by atomic mass is 9.66. The summed E-state index contributed by atoms with van der Waals surface area (Å²) in [4.78, 5) is 24.1. The molecule has 156 valence electrons. The normalized spacial score (nSPS) is 36.1. The minimum absolute atomic E-state index is 0.0764. The van der Waals surface area contributed by atoms with Crippen LogP contribution in [0.3, 0.4) is 0 Å².